The number of hydrogen-bond acceptors (Lipinski definition) is 3. The zero-order valence-electron chi connectivity index (χ0n) is 10.3. The van der Waals surface area contributed by atoms with Crippen LogP contribution in [0.3, 0.4) is 0 Å². The van der Waals surface area contributed by atoms with Gasteiger partial charge in [0.15, 0.2) is 0 Å². The molecule has 0 atom stereocenters. The van der Waals surface area contributed by atoms with Gasteiger partial charge >= 0.3 is 0 Å². The number of aryl methyl sites for hydroxylation is 1. The van der Waals surface area contributed by atoms with Crippen LogP contribution in [0.2, 0.25) is 0 Å². The molecule has 0 unspecified atom stereocenters. The molecule has 2 heterocycles. The van der Waals surface area contributed by atoms with E-state index in [1.54, 1.807) is 0 Å². The largest absolute Gasteiger partial charge is 0.378 e. The molecule has 0 saturated carbocycles. The SMILES string of the molecule is O=C(C1=Nc2ccccc2CC1)N1CCOCC1. The third kappa shape index (κ3) is 2.16. The van der Waals surface area contributed by atoms with Gasteiger partial charge in [-0.1, -0.05) is 18.2 Å². The number of carbonyl (C=O) groups excluding carboxylic acids is 1. The highest BCUT2D eigenvalue weighted by atomic mass is 16.5. The van der Waals surface area contributed by atoms with Crippen molar-refractivity contribution in [1.82, 2.24) is 4.90 Å². The van der Waals surface area contributed by atoms with Gasteiger partial charge in [0.1, 0.15) is 5.71 Å². The molecule has 1 aromatic rings. The predicted molar refractivity (Wildman–Crippen MR) is 69.3 cm³/mol. The summed E-state index contributed by atoms with van der Waals surface area (Å²) in [5, 5.41) is 0. The van der Waals surface area contributed by atoms with Gasteiger partial charge in [-0.05, 0) is 24.5 Å². The fourth-order valence-electron chi connectivity index (χ4n) is 2.39. The normalized spacial score (nSPS) is 19.1. The molecule has 3 rings (SSSR count). The number of amides is 1. The number of para-hydroxylation sites is 1. The fraction of sp³-hybridized carbons (Fsp3) is 0.429. The Labute approximate surface area is 106 Å². The van der Waals surface area contributed by atoms with Gasteiger partial charge in [-0.3, -0.25) is 4.79 Å². The monoisotopic (exact) mass is 244 g/mol. The minimum Gasteiger partial charge on any atom is -0.378 e. The zero-order chi connectivity index (χ0) is 12.4. The van der Waals surface area contributed by atoms with E-state index in [-0.39, 0.29) is 5.91 Å². The van der Waals surface area contributed by atoms with E-state index in [2.05, 4.69) is 11.1 Å². The zero-order valence-corrected chi connectivity index (χ0v) is 10.3. The van der Waals surface area contributed by atoms with Crippen LogP contribution in [0.1, 0.15) is 12.0 Å². The van der Waals surface area contributed by atoms with Crippen LogP contribution in [-0.4, -0.2) is 42.8 Å². The number of hydrogen-bond donors (Lipinski definition) is 0. The molecule has 0 aliphatic carbocycles. The molecule has 4 nitrogen and oxygen atoms in total. The summed E-state index contributed by atoms with van der Waals surface area (Å²) >= 11 is 0. The molecule has 94 valence electrons. The van der Waals surface area contributed by atoms with Crippen LogP contribution >= 0.6 is 0 Å². The summed E-state index contributed by atoms with van der Waals surface area (Å²) in [6, 6.07) is 8.03. The predicted octanol–water partition coefficient (Wildman–Crippen LogP) is 1.56. The van der Waals surface area contributed by atoms with E-state index < -0.39 is 0 Å². The van der Waals surface area contributed by atoms with Gasteiger partial charge in [0, 0.05) is 13.1 Å². The summed E-state index contributed by atoms with van der Waals surface area (Å²) in [7, 11) is 0. The molecule has 1 amide bonds. The summed E-state index contributed by atoms with van der Waals surface area (Å²) in [5.74, 6) is 0.0767. The minimum atomic E-state index is 0.0767. The first-order valence-electron chi connectivity index (χ1n) is 6.37. The summed E-state index contributed by atoms with van der Waals surface area (Å²) in [6.45, 7) is 2.63. The van der Waals surface area contributed by atoms with Gasteiger partial charge in [0.05, 0.1) is 18.9 Å². The molecule has 1 aromatic carbocycles. The first kappa shape index (κ1) is 11.4. The van der Waals surface area contributed by atoms with E-state index in [0.29, 0.717) is 32.0 Å². The van der Waals surface area contributed by atoms with Crippen molar-refractivity contribution in [3.63, 3.8) is 0 Å². The van der Waals surface area contributed by atoms with E-state index in [4.69, 9.17) is 4.74 Å². The maximum absolute atomic E-state index is 12.3. The van der Waals surface area contributed by atoms with Crippen LogP contribution in [0.5, 0.6) is 0 Å². The topological polar surface area (TPSA) is 41.9 Å². The smallest absolute Gasteiger partial charge is 0.268 e. The van der Waals surface area contributed by atoms with Crippen LogP contribution in [0.4, 0.5) is 5.69 Å². The fourth-order valence-corrected chi connectivity index (χ4v) is 2.39. The average Bonchev–Trinajstić information content (AvgIpc) is 2.47. The number of ether oxygens (including phenoxy) is 1. The van der Waals surface area contributed by atoms with Gasteiger partial charge in [-0.15, -0.1) is 0 Å². The van der Waals surface area contributed by atoms with Crippen LogP contribution in [-0.2, 0) is 16.0 Å². The number of fused-ring (bicyclic) bond motifs is 1. The Morgan fingerprint density at radius 1 is 1.17 bits per heavy atom. The van der Waals surface area contributed by atoms with E-state index in [1.165, 1.54) is 5.56 Å². The van der Waals surface area contributed by atoms with Crippen molar-refractivity contribution >= 4 is 17.3 Å². The lowest BCUT2D eigenvalue weighted by atomic mass is 10.0. The number of benzene rings is 1. The van der Waals surface area contributed by atoms with Crippen molar-refractivity contribution in [3.05, 3.63) is 29.8 Å². The van der Waals surface area contributed by atoms with Gasteiger partial charge in [0.2, 0.25) is 0 Å². The highest BCUT2D eigenvalue weighted by Crippen LogP contribution is 2.25. The Balaban J connectivity index is 1.81. The number of aliphatic imine (C=N–C) groups is 1. The molecular weight excluding hydrogens is 228 g/mol. The molecule has 2 aliphatic heterocycles. The number of rotatable bonds is 1. The molecule has 1 fully saturated rings. The van der Waals surface area contributed by atoms with Crippen molar-refractivity contribution in [2.45, 2.75) is 12.8 Å². The second-order valence-electron chi connectivity index (χ2n) is 4.59. The van der Waals surface area contributed by atoms with Crippen LogP contribution < -0.4 is 0 Å². The molecule has 4 heteroatoms. The van der Waals surface area contributed by atoms with Crippen molar-refractivity contribution in [1.29, 1.82) is 0 Å². The van der Waals surface area contributed by atoms with Crippen molar-refractivity contribution in [2.75, 3.05) is 26.3 Å². The highest BCUT2D eigenvalue weighted by Gasteiger charge is 2.24. The van der Waals surface area contributed by atoms with Crippen LogP contribution in [0, 0.1) is 0 Å². The summed E-state index contributed by atoms with van der Waals surface area (Å²) in [6.07, 6.45) is 1.65. The molecule has 0 spiro atoms. The Morgan fingerprint density at radius 2 is 1.94 bits per heavy atom. The first-order chi connectivity index (χ1) is 8.84. The Bertz CT molecular complexity index is 490. The highest BCUT2D eigenvalue weighted by molar-refractivity contribution is 6.39. The molecule has 0 aromatic heterocycles. The lowest BCUT2D eigenvalue weighted by Gasteiger charge is -2.28. The van der Waals surface area contributed by atoms with E-state index in [0.717, 1.165) is 18.5 Å². The quantitative estimate of drug-likeness (QED) is 0.752. The summed E-state index contributed by atoms with van der Waals surface area (Å²) < 4.78 is 5.26. The van der Waals surface area contributed by atoms with Crippen molar-refractivity contribution < 1.29 is 9.53 Å². The summed E-state index contributed by atoms with van der Waals surface area (Å²) in [4.78, 5) is 18.7. The third-order valence-corrected chi connectivity index (χ3v) is 3.42. The van der Waals surface area contributed by atoms with Crippen molar-refractivity contribution in [3.8, 4) is 0 Å². The number of morpholine rings is 1. The van der Waals surface area contributed by atoms with E-state index in [9.17, 15) is 4.79 Å². The molecular formula is C14H16N2O2. The second-order valence-corrected chi connectivity index (χ2v) is 4.59. The van der Waals surface area contributed by atoms with Crippen LogP contribution in [0.25, 0.3) is 0 Å². The number of nitrogens with zero attached hydrogens (tertiary/aromatic N) is 2. The van der Waals surface area contributed by atoms with E-state index in [1.807, 2.05) is 23.1 Å². The molecule has 18 heavy (non-hydrogen) atoms. The number of carbonyl (C=O) groups is 1. The second kappa shape index (κ2) is 4.90. The van der Waals surface area contributed by atoms with Gasteiger partial charge < -0.3 is 9.64 Å². The van der Waals surface area contributed by atoms with Gasteiger partial charge in [-0.25, -0.2) is 4.99 Å². The Hall–Kier alpha value is -1.68. The first-order valence-corrected chi connectivity index (χ1v) is 6.37. The van der Waals surface area contributed by atoms with Crippen LogP contribution in [0.15, 0.2) is 29.3 Å². The minimum absolute atomic E-state index is 0.0767. The standard InChI is InChI=1S/C14H16N2O2/c17-14(16-7-9-18-10-8-16)13-6-5-11-3-1-2-4-12(11)15-13/h1-4H,5-10H2. The molecule has 1 saturated heterocycles. The Morgan fingerprint density at radius 3 is 2.78 bits per heavy atom. The summed E-state index contributed by atoms with van der Waals surface area (Å²) in [5.41, 5.74) is 2.87. The molecule has 2 aliphatic rings. The van der Waals surface area contributed by atoms with Gasteiger partial charge in [0.25, 0.3) is 5.91 Å². The maximum atomic E-state index is 12.3. The molecule has 0 radical (unpaired) electrons. The molecule has 0 bridgehead atoms. The van der Waals surface area contributed by atoms with Crippen molar-refractivity contribution in [2.24, 2.45) is 4.99 Å². The maximum Gasteiger partial charge on any atom is 0.268 e. The third-order valence-electron chi connectivity index (χ3n) is 3.42. The lowest BCUT2D eigenvalue weighted by Crippen LogP contribution is -2.44. The average molecular weight is 244 g/mol. The van der Waals surface area contributed by atoms with Gasteiger partial charge in [-0.2, -0.15) is 0 Å². The Kier molecular flexibility index (Phi) is 3.11. The van der Waals surface area contributed by atoms with E-state index >= 15 is 0 Å². The molecule has 0 N–H and O–H groups in total. The lowest BCUT2D eigenvalue weighted by molar-refractivity contribution is -0.128.